The van der Waals surface area contributed by atoms with Gasteiger partial charge in [-0.05, 0) is 35.9 Å². The number of benzene rings is 2. The molecule has 3 aromatic rings. The lowest BCUT2D eigenvalue weighted by Crippen LogP contribution is -1.90. The molecule has 0 aliphatic heterocycles. The molecule has 3 rings (SSSR count). The Bertz CT molecular complexity index is 875. The summed E-state index contributed by atoms with van der Waals surface area (Å²) in [6.07, 6.45) is 3.78. The third kappa shape index (κ3) is 3.54. The van der Waals surface area contributed by atoms with Crippen molar-refractivity contribution >= 4 is 34.0 Å². The van der Waals surface area contributed by atoms with Gasteiger partial charge in [-0.3, -0.25) is 0 Å². The molecule has 23 heavy (non-hydrogen) atoms. The maximum Gasteiger partial charge on any atom is 0.162 e. The van der Waals surface area contributed by atoms with Crippen molar-refractivity contribution in [2.75, 3.05) is 14.2 Å². The van der Waals surface area contributed by atoms with Crippen molar-refractivity contribution in [1.82, 2.24) is 10.1 Å². The molecule has 0 atom stereocenters. The number of aromatic nitrogens is 2. The van der Waals surface area contributed by atoms with Gasteiger partial charge in [0.25, 0.3) is 0 Å². The molecule has 1 N–H and O–H groups in total. The van der Waals surface area contributed by atoms with Crippen LogP contribution in [0.4, 0.5) is 0 Å². The summed E-state index contributed by atoms with van der Waals surface area (Å²) in [7, 11) is 3.23. The molecule has 2 aromatic carbocycles. The molecule has 0 aliphatic rings. The second-order valence-electron chi connectivity index (χ2n) is 4.68. The molecule has 0 radical (unpaired) electrons. The summed E-state index contributed by atoms with van der Waals surface area (Å²) in [6.45, 7) is 0. The SMILES string of the molecule is COc1ccc(/C=C/c2nc3ccccc3so[nH]2)cc1OC. The predicted molar refractivity (Wildman–Crippen MR) is 92.3 cm³/mol. The zero-order chi connectivity index (χ0) is 16.1. The molecule has 0 saturated carbocycles. The highest BCUT2D eigenvalue weighted by molar-refractivity contribution is 7.10. The molecule has 0 amide bonds. The second-order valence-corrected chi connectivity index (χ2v) is 5.45. The molecule has 0 spiro atoms. The number of rotatable bonds is 4. The van der Waals surface area contributed by atoms with Crippen LogP contribution in [0.25, 0.3) is 22.4 Å². The van der Waals surface area contributed by atoms with Gasteiger partial charge in [-0.1, -0.05) is 24.3 Å². The quantitative estimate of drug-likeness (QED) is 0.764. The lowest BCUT2D eigenvalue weighted by Gasteiger charge is -2.07. The number of hydrogen-bond acceptors (Lipinski definition) is 5. The average molecular weight is 328 g/mol. The zero-order valence-corrected chi connectivity index (χ0v) is 13.6. The Morgan fingerprint density at radius 1 is 1.04 bits per heavy atom. The lowest BCUT2D eigenvalue weighted by atomic mass is 10.2. The van der Waals surface area contributed by atoms with Gasteiger partial charge < -0.3 is 13.4 Å². The van der Waals surface area contributed by atoms with E-state index in [-0.39, 0.29) is 0 Å². The highest BCUT2D eigenvalue weighted by Crippen LogP contribution is 2.28. The standard InChI is InChI=1S/C17H16N2O3S/c1-20-14-9-7-12(11-15(14)21-2)8-10-17-18-13-5-3-4-6-16(13)23-22-19-17/h3-11H,1-2H3,(H,18,19)/b10-8+. The maximum absolute atomic E-state index is 5.34. The van der Waals surface area contributed by atoms with Crippen LogP contribution in [-0.4, -0.2) is 24.4 Å². The number of para-hydroxylation sites is 1. The molecule has 1 aromatic heterocycles. The predicted octanol–water partition coefficient (Wildman–Crippen LogP) is 4.53. The van der Waals surface area contributed by atoms with E-state index in [2.05, 4.69) is 10.1 Å². The van der Waals surface area contributed by atoms with Crippen LogP contribution in [-0.2, 0) is 0 Å². The Labute approximate surface area is 137 Å². The molecule has 0 fully saturated rings. The van der Waals surface area contributed by atoms with Crippen molar-refractivity contribution in [2.24, 2.45) is 0 Å². The van der Waals surface area contributed by atoms with Crippen LogP contribution in [0.3, 0.4) is 0 Å². The lowest BCUT2D eigenvalue weighted by molar-refractivity contribution is 0.355. The molecule has 0 bridgehead atoms. The smallest absolute Gasteiger partial charge is 0.162 e. The number of nitrogens with zero attached hydrogens (tertiary/aromatic N) is 1. The summed E-state index contributed by atoms with van der Waals surface area (Å²) >= 11 is 1.25. The van der Waals surface area contributed by atoms with E-state index < -0.39 is 0 Å². The van der Waals surface area contributed by atoms with Crippen LogP contribution < -0.4 is 9.47 Å². The van der Waals surface area contributed by atoms with Gasteiger partial charge in [-0.25, -0.2) is 4.98 Å². The number of nitrogens with one attached hydrogen (secondary N) is 1. The number of fused-ring (bicyclic) bond motifs is 1. The fourth-order valence-electron chi connectivity index (χ4n) is 2.08. The largest absolute Gasteiger partial charge is 0.493 e. The summed E-state index contributed by atoms with van der Waals surface area (Å²) < 4.78 is 16.8. The van der Waals surface area contributed by atoms with Crippen molar-refractivity contribution in [3.63, 3.8) is 0 Å². The van der Waals surface area contributed by atoms with Crippen LogP contribution in [0, 0.1) is 0 Å². The number of hydrogen-bond donors (Lipinski definition) is 1. The van der Waals surface area contributed by atoms with Crippen molar-refractivity contribution in [2.45, 2.75) is 0 Å². The molecule has 0 unspecified atom stereocenters. The van der Waals surface area contributed by atoms with Crippen LogP contribution in [0.5, 0.6) is 11.5 Å². The van der Waals surface area contributed by atoms with Crippen LogP contribution in [0.2, 0.25) is 0 Å². The Morgan fingerprint density at radius 2 is 1.87 bits per heavy atom. The third-order valence-electron chi connectivity index (χ3n) is 3.23. The van der Waals surface area contributed by atoms with E-state index in [0.29, 0.717) is 17.3 Å². The summed E-state index contributed by atoms with van der Waals surface area (Å²) in [5, 5.41) is 2.82. The molecule has 5 nitrogen and oxygen atoms in total. The Hall–Kier alpha value is -2.73. The van der Waals surface area contributed by atoms with Gasteiger partial charge in [0.15, 0.2) is 17.3 Å². The highest BCUT2D eigenvalue weighted by Gasteiger charge is 2.02. The van der Waals surface area contributed by atoms with Crippen LogP contribution in [0.1, 0.15) is 11.4 Å². The van der Waals surface area contributed by atoms with Gasteiger partial charge >= 0.3 is 0 Å². The Balaban J connectivity index is 1.94. The molecular formula is C17H16N2O3S. The first-order valence-electron chi connectivity index (χ1n) is 6.97. The van der Waals surface area contributed by atoms with E-state index >= 15 is 0 Å². The molecule has 0 aliphatic carbocycles. The minimum Gasteiger partial charge on any atom is -0.493 e. The first-order valence-corrected chi connectivity index (χ1v) is 7.71. The van der Waals surface area contributed by atoms with Gasteiger partial charge in [0.2, 0.25) is 0 Å². The van der Waals surface area contributed by atoms with Crippen molar-refractivity contribution < 1.29 is 13.4 Å². The minimum absolute atomic E-state index is 0.622. The van der Waals surface area contributed by atoms with E-state index in [0.717, 1.165) is 15.8 Å². The second kappa shape index (κ2) is 7.02. The van der Waals surface area contributed by atoms with Crippen molar-refractivity contribution in [3.8, 4) is 11.5 Å². The molecule has 118 valence electrons. The minimum atomic E-state index is 0.622. The van der Waals surface area contributed by atoms with E-state index in [1.165, 1.54) is 11.6 Å². The van der Waals surface area contributed by atoms with Crippen LogP contribution >= 0.6 is 11.6 Å². The van der Waals surface area contributed by atoms with Gasteiger partial charge in [0.1, 0.15) is 0 Å². The fraction of sp³-hybridized carbons (Fsp3) is 0.118. The van der Waals surface area contributed by atoms with E-state index in [1.54, 1.807) is 14.2 Å². The van der Waals surface area contributed by atoms with Gasteiger partial charge in [-0.2, -0.15) is 5.16 Å². The fourth-order valence-corrected chi connectivity index (χ4v) is 2.63. The molecule has 0 saturated heterocycles. The summed E-state index contributed by atoms with van der Waals surface area (Å²) in [6, 6.07) is 13.5. The normalized spacial score (nSPS) is 10.9. The van der Waals surface area contributed by atoms with Crippen molar-refractivity contribution in [1.29, 1.82) is 0 Å². The molecular weight excluding hydrogens is 312 g/mol. The summed E-state index contributed by atoms with van der Waals surface area (Å²) in [4.78, 5) is 4.55. The Kier molecular flexibility index (Phi) is 4.63. The number of H-pyrrole nitrogens is 1. The third-order valence-corrected chi connectivity index (χ3v) is 3.92. The van der Waals surface area contributed by atoms with E-state index in [9.17, 15) is 0 Å². The average Bonchev–Trinajstić information content (AvgIpc) is 2.81. The van der Waals surface area contributed by atoms with E-state index in [4.69, 9.17) is 13.4 Å². The summed E-state index contributed by atoms with van der Waals surface area (Å²) in [5.74, 6) is 2.00. The Morgan fingerprint density at radius 3 is 2.70 bits per heavy atom. The number of methoxy groups -OCH3 is 2. The number of aromatic amines is 1. The molecule has 1 heterocycles. The van der Waals surface area contributed by atoms with Crippen molar-refractivity contribution in [3.05, 3.63) is 53.9 Å². The number of ether oxygens (including phenoxy) is 2. The van der Waals surface area contributed by atoms with Gasteiger partial charge in [0, 0.05) is 0 Å². The van der Waals surface area contributed by atoms with Gasteiger partial charge in [0.05, 0.1) is 36.1 Å². The monoisotopic (exact) mass is 328 g/mol. The van der Waals surface area contributed by atoms with Gasteiger partial charge in [-0.15, -0.1) is 0 Å². The zero-order valence-electron chi connectivity index (χ0n) is 12.8. The van der Waals surface area contributed by atoms with Crippen LogP contribution in [0.15, 0.2) is 46.4 Å². The highest BCUT2D eigenvalue weighted by atomic mass is 32.1. The first kappa shape index (κ1) is 15.2. The first-order chi connectivity index (χ1) is 11.3. The maximum atomic E-state index is 5.34. The molecule has 6 heteroatoms. The summed E-state index contributed by atoms with van der Waals surface area (Å²) in [5.41, 5.74) is 1.84. The van der Waals surface area contributed by atoms with E-state index in [1.807, 2.05) is 54.6 Å². The topological polar surface area (TPSA) is 60.3 Å².